The molecule has 1 aliphatic rings. The number of carbonyl (C=O) groups is 1. The summed E-state index contributed by atoms with van der Waals surface area (Å²) in [7, 11) is 0. The van der Waals surface area contributed by atoms with E-state index in [9.17, 15) is 9.18 Å². The van der Waals surface area contributed by atoms with Crippen LogP contribution >= 0.6 is 0 Å². The third-order valence-electron chi connectivity index (χ3n) is 3.35. The third kappa shape index (κ3) is 2.58. The highest BCUT2D eigenvalue weighted by molar-refractivity contribution is 5.94. The molecule has 0 N–H and O–H groups in total. The summed E-state index contributed by atoms with van der Waals surface area (Å²) in [5, 5.41) is 0. The Kier molecular flexibility index (Phi) is 4.07. The summed E-state index contributed by atoms with van der Waals surface area (Å²) in [6, 6.07) is 1.64. The highest BCUT2D eigenvalue weighted by Gasteiger charge is 2.27. The van der Waals surface area contributed by atoms with Crippen molar-refractivity contribution in [3.63, 3.8) is 0 Å². The molecule has 1 aromatic rings. The molecule has 1 aliphatic carbocycles. The van der Waals surface area contributed by atoms with Gasteiger partial charge in [-0.2, -0.15) is 0 Å². The number of hydrogen-bond acceptors (Lipinski definition) is 2. The molecule has 3 nitrogen and oxygen atoms in total. The molecule has 2 rings (SSSR count). The molecule has 1 heterocycles. The average molecular weight is 248 g/mol. The summed E-state index contributed by atoms with van der Waals surface area (Å²) >= 11 is 0. The summed E-state index contributed by atoms with van der Waals surface area (Å²) in [6.07, 6.45) is 8.45. The van der Waals surface area contributed by atoms with Crippen molar-refractivity contribution in [1.29, 1.82) is 0 Å². The van der Waals surface area contributed by atoms with Gasteiger partial charge in [0.2, 0.25) is 0 Å². The van der Waals surface area contributed by atoms with Crippen LogP contribution in [0, 0.1) is 5.82 Å². The quantitative estimate of drug-likeness (QED) is 0.768. The maximum Gasteiger partial charge on any atom is 0.257 e. The van der Waals surface area contributed by atoms with Crippen molar-refractivity contribution in [2.75, 3.05) is 6.54 Å². The second-order valence-corrected chi connectivity index (χ2v) is 4.54. The maximum absolute atomic E-state index is 13.6. The fraction of sp³-hybridized carbons (Fsp3) is 0.429. The Labute approximate surface area is 106 Å². The van der Waals surface area contributed by atoms with Gasteiger partial charge in [0.25, 0.3) is 5.91 Å². The fourth-order valence-corrected chi connectivity index (χ4v) is 2.46. The Hall–Kier alpha value is -1.71. The van der Waals surface area contributed by atoms with Crippen molar-refractivity contribution >= 4 is 5.91 Å². The van der Waals surface area contributed by atoms with Crippen LogP contribution in [0.4, 0.5) is 4.39 Å². The van der Waals surface area contributed by atoms with E-state index in [1.807, 2.05) is 0 Å². The van der Waals surface area contributed by atoms with E-state index in [4.69, 9.17) is 0 Å². The van der Waals surface area contributed by atoms with Crippen LogP contribution in [0.2, 0.25) is 0 Å². The normalized spacial score (nSPS) is 15.6. The number of hydrogen-bond donors (Lipinski definition) is 0. The molecule has 0 saturated heterocycles. The zero-order valence-corrected chi connectivity index (χ0v) is 10.3. The van der Waals surface area contributed by atoms with Crippen LogP contribution in [0.5, 0.6) is 0 Å². The summed E-state index contributed by atoms with van der Waals surface area (Å²) in [5.41, 5.74) is 0.0961. The first-order chi connectivity index (χ1) is 8.74. The molecular formula is C14H17FN2O. The zero-order chi connectivity index (χ0) is 13.0. The van der Waals surface area contributed by atoms with Crippen LogP contribution in [0.25, 0.3) is 0 Å². The zero-order valence-electron chi connectivity index (χ0n) is 10.3. The molecule has 0 unspecified atom stereocenters. The number of halogens is 1. The number of carbonyl (C=O) groups excluding carboxylic acids is 1. The van der Waals surface area contributed by atoms with Crippen LogP contribution < -0.4 is 0 Å². The Morgan fingerprint density at radius 2 is 2.28 bits per heavy atom. The molecule has 18 heavy (non-hydrogen) atoms. The van der Waals surface area contributed by atoms with Gasteiger partial charge < -0.3 is 4.90 Å². The molecule has 96 valence electrons. The predicted octanol–water partition coefficient (Wildman–Crippen LogP) is 2.79. The summed E-state index contributed by atoms with van der Waals surface area (Å²) in [6.45, 7) is 4.13. The smallest absolute Gasteiger partial charge is 0.257 e. The van der Waals surface area contributed by atoms with E-state index < -0.39 is 5.82 Å². The van der Waals surface area contributed by atoms with Crippen molar-refractivity contribution < 1.29 is 9.18 Å². The lowest BCUT2D eigenvalue weighted by atomic mass is 10.1. The second kappa shape index (κ2) is 5.76. The number of pyridine rings is 1. The standard InChI is InChI=1S/C14H17FN2O/c1-2-9-17(11-5-3-4-6-11)14(18)12-7-8-16-10-13(12)15/h2,7-8,10-11H,1,3-6,9H2. The van der Waals surface area contributed by atoms with Crippen LogP contribution in [-0.4, -0.2) is 28.4 Å². The van der Waals surface area contributed by atoms with E-state index in [2.05, 4.69) is 11.6 Å². The number of rotatable bonds is 4. The van der Waals surface area contributed by atoms with E-state index in [0.717, 1.165) is 31.9 Å². The van der Waals surface area contributed by atoms with Gasteiger partial charge in [-0.1, -0.05) is 18.9 Å². The third-order valence-corrected chi connectivity index (χ3v) is 3.35. The summed E-state index contributed by atoms with van der Waals surface area (Å²) < 4.78 is 13.6. The maximum atomic E-state index is 13.6. The van der Waals surface area contributed by atoms with Crippen LogP contribution in [0.15, 0.2) is 31.1 Å². The van der Waals surface area contributed by atoms with E-state index in [1.54, 1.807) is 11.0 Å². The topological polar surface area (TPSA) is 33.2 Å². The number of nitrogens with zero attached hydrogens (tertiary/aromatic N) is 2. The minimum Gasteiger partial charge on any atom is -0.332 e. The van der Waals surface area contributed by atoms with Crippen molar-refractivity contribution in [2.45, 2.75) is 31.7 Å². The van der Waals surface area contributed by atoms with Gasteiger partial charge in [-0.25, -0.2) is 4.39 Å². The molecule has 0 radical (unpaired) electrons. The molecule has 0 spiro atoms. The molecule has 0 atom stereocenters. The van der Waals surface area contributed by atoms with E-state index >= 15 is 0 Å². The molecule has 0 aromatic carbocycles. The Balaban J connectivity index is 2.22. The van der Waals surface area contributed by atoms with Gasteiger partial charge in [0.15, 0.2) is 5.82 Å². The first kappa shape index (κ1) is 12.7. The minimum atomic E-state index is -0.561. The summed E-state index contributed by atoms with van der Waals surface area (Å²) in [5.74, 6) is -0.823. The van der Waals surface area contributed by atoms with Crippen molar-refractivity contribution in [1.82, 2.24) is 9.88 Å². The lowest BCUT2D eigenvalue weighted by Gasteiger charge is -2.28. The summed E-state index contributed by atoms with van der Waals surface area (Å²) in [4.78, 5) is 17.7. The number of aromatic nitrogens is 1. The SMILES string of the molecule is C=CCN(C(=O)c1ccncc1F)C1CCCC1. The Bertz CT molecular complexity index is 441. The monoisotopic (exact) mass is 248 g/mol. The average Bonchev–Trinajstić information content (AvgIpc) is 2.89. The van der Waals surface area contributed by atoms with Gasteiger partial charge >= 0.3 is 0 Å². The van der Waals surface area contributed by atoms with Gasteiger partial charge in [-0.05, 0) is 18.9 Å². The molecule has 1 amide bonds. The van der Waals surface area contributed by atoms with E-state index in [1.165, 1.54) is 12.3 Å². The van der Waals surface area contributed by atoms with Crippen LogP contribution in [0.1, 0.15) is 36.0 Å². The molecular weight excluding hydrogens is 231 g/mol. The second-order valence-electron chi connectivity index (χ2n) is 4.54. The first-order valence-electron chi connectivity index (χ1n) is 6.25. The van der Waals surface area contributed by atoms with E-state index in [0.29, 0.717) is 6.54 Å². The molecule has 4 heteroatoms. The molecule has 1 fully saturated rings. The lowest BCUT2D eigenvalue weighted by molar-refractivity contribution is 0.0701. The van der Waals surface area contributed by atoms with Crippen molar-refractivity contribution in [2.24, 2.45) is 0 Å². The fourth-order valence-electron chi connectivity index (χ4n) is 2.46. The minimum absolute atomic E-state index is 0.0961. The van der Waals surface area contributed by atoms with Gasteiger partial charge in [-0.15, -0.1) is 6.58 Å². The van der Waals surface area contributed by atoms with Gasteiger partial charge in [0, 0.05) is 18.8 Å². The number of amides is 1. The predicted molar refractivity (Wildman–Crippen MR) is 67.7 cm³/mol. The van der Waals surface area contributed by atoms with Crippen LogP contribution in [-0.2, 0) is 0 Å². The van der Waals surface area contributed by atoms with Crippen molar-refractivity contribution in [3.8, 4) is 0 Å². The first-order valence-corrected chi connectivity index (χ1v) is 6.25. The van der Waals surface area contributed by atoms with Gasteiger partial charge in [0.05, 0.1) is 11.8 Å². The molecule has 0 aliphatic heterocycles. The highest BCUT2D eigenvalue weighted by Crippen LogP contribution is 2.25. The van der Waals surface area contributed by atoms with Crippen molar-refractivity contribution in [3.05, 3.63) is 42.5 Å². The molecule has 0 bridgehead atoms. The van der Waals surface area contributed by atoms with Gasteiger partial charge in [0.1, 0.15) is 0 Å². The van der Waals surface area contributed by atoms with E-state index in [-0.39, 0.29) is 17.5 Å². The Morgan fingerprint density at radius 1 is 1.56 bits per heavy atom. The molecule has 1 aromatic heterocycles. The van der Waals surface area contributed by atoms with Crippen LogP contribution in [0.3, 0.4) is 0 Å². The largest absolute Gasteiger partial charge is 0.332 e. The van der Waals surface area contributed by atoms with Gasteiger partial charge in [-0.3, -0.25) is 9.78 Å². The molecule has 1 saturated carbocycles. The highest BCUT2D eigenvalue weighted by atomic mass is 19.1. The lowest BCUT2D eigenvalue weighted by Crippen LogP contribution is -2.39. The Morgan fingerprint density at radius 3 is 2.89 bits per heavy atom.